The molecule has 0 fully saturated rings. The maximum Gasteiger partial charge on any atom is 0.234 e. The SMILES string of the molecule is CN(C=O)c1ncncn1. The molecule has 0 saturated heterocycles. The Hall–Kier alpha value is -1.52. The molecule has 0 aliphatic heterocycles. The van der Waals surface area contributed by atoms with E-state index in [0.29, 0.717) is 12.4 Å². The van der Waals surface area contributed by atoms with Crippen LogP contribution < -0.4 is 4.90 Å². The molecule has 0 aliphatic carbocycles. The maximum atomic E-state index is 10.1. The minimum atomic E-state index is 0.352. The molecule has 0 N–H and O–H groups in total. The monoisotopic (exact) mass is 138 g/mol. The molecule has 1 rings (SSSR count). The van der Waals surface area contributed by atoms with Gasteiger partial charge in [0.05, 0.1) is 0 Å². The van der Waals surface area contributed by atoms with Crippen molar-refractivity contribution in [1.29, 1.82) is 0 Å². The highest BCUT2D eigenvalue weighted by atomic mass is 16.1. The molecule has 0 atom stereocenters. The van der Waals surface area contributed by atoms with Crippen molar-refractivity contribution in [3.8, 4) is 0 Å². The first-order valence-electron chi connectivity index (χ1n) is 2.64. The van der Waals surface area contributed by atoms with Crippen LogP contribution in [0.15, 0.2) is 12.7 Å². The van der Waals surface area contributed by atoms with E-state index in [0.717, 1.165) is 0 Å². The lowest BCUT2D eigenvalue weighted by Gasteiger charge is -2.04. The Morgan fingerprint density at radius 1 is 1.50 bits per heavy atom. The Morgan fingerprint density at radius 2 is 2.10 bits per heavy atom. The number of aromatic nitrogens is 3. The van der Waals surface area contributed by atoms with E-state index in [1.165, 1.54) is 17.6 Å². The second-order valence-corrected chi connectivity index (χ2v) is 1.65. The zero-order valence-electron chi connectivity index (χ0n) is 5.43. The van der Waals surface area contributed by atoms with Crippen LogP contribution in [0.3, 0.4) is 0 Å². The van der Waals surface area contributed by atoms with Gasteiger partial charge < -0.3 is 0 Å². The molecule has 5 nitrogen and oxygen atoms in total. The van der Waals surface area contributed by atoms with Crippen LogP contribution in [0.5, 0.6) is 0 Å². The van der Waals surface area contributed by atoms with Crippen LogP contribution in [0.1, 0.15) is 0 Å². The van der Waals surface area contributed by atoms with Crippen molar-refractivity contribution >= 4 is 12.4 Å². The number of anilines is 1. The van der Waals surface area contributed by atoms with E-state index in [2.05, 4.69) is 15.0 Å². The van der Waals surface area contributed by atoms with Gasteiger partial charge in [-0.1, -0.05) is 0 Å². The van der Waals surface area contributed by atoms with E-state index in [-0.39, 0.29) is 0 Å². The van der Waals surface area contributed by atoms with Gasteiger partial charge in [-0.25, -0.2) is 15.0 Å². The standard InChI is InChI=1S/C5H6N4O/c1-9(4-10)5-7-2-6-3-8-5/h2-4H,1H3. The lowest BCUT2D eigenvalue weighted by atomic mass is 10.8. The molecule has 0 radical (unpaired) electrons. The van der Waals surface area contributed by atoms with E-state index >= 15 is 0 Å². The molecule has 1 aromatic heterocycles. The molecule has 0 aromatic carbocycles. The van der Waals surface area contributed by atoms with E-state index in [9.17, 15) is 4.79 Å². The number of carbonyl (C=O) groups is 1. The summed E-state index contributed by atoms with van der Waals surface area (Å²) in [5, 5.41) is 0. The Kier molecular flexibility index (Phi) is 1.89. The molecule has 0 spiro atoms. The molecule has 0 aliphatic rings. The number of hydrogen-bond donors (Lipinski definition) is 0. The molecule has 0 saturated carbocycles. The number of amides is 1. The Morgan fingerprint density at radius 3 is 2.60 bits per heavy atom. The van der Waals surface area contributed by atoms with Gasteiger partial charge in [-0.2, -0.15) is 0 Å². The minimum Gasteiger partial charge on any atom is -0.286 e. The third-order valence-electron chi connectivity index (χ3n) is 0.953. The van der Waals surface area contributed by atoms with Crippen molar-refractivity contribution in [1.82, 2.24) is 15.0 Å². The van der Waals surface area contributed by atoms with Crippen LogP contribution in [0.2, 0.25) is 0 Å². The zero-order chi connectivity index (χ0) is 7.40. The van der Waals surface area contributed by atoms with Crippen molar-refractivity contribution in [2.45, 2.75) is 0 Å². The summed E-state index contributed by atoms with van der Waals surface area (Å²) in [6, 6.07) is 0. The van der Waals surface area contributed by atoms with Gasteiger partial charge in [-0.15, -0.1) is 0 Å². The summed E-state index contributed by atoms with van der Waals surface area (Å²) >= 11 is 0. The van der Waals surface area contributed by atoms with Gasteiger partial charge in [0.15, 0.2) is 0 Å². The van der Waals surface area contributed by atoms with E-state index in [1.54, 1.807) is 7.05 Å². The third kappa shape index (κ3) is 1.25. The summed E-state index contributed by atoms with van der Waals surface area (Å²) in [5.74, 6) is 0.352. The number of nitrogens with zero attached hydrogens (tertiary/aromatic N) is 4. The minimum absolute atomic E-state index is 0.352. The van der Waals surface area contributed by atoms with E-state index in [1.807, 2.05) is 0 Å². The predicted octanol–water partition coefficient (Wildman–Crippen LogP) is -0.536. The Bertz CT molecular complexity index is 212. The van der Waals surface area contributed by atoms with Crippen LogP contribution >= 0.6 is 0 Å². The maximum absolute atomic E-state index is 10.1. The van der Waals surface area contributed by atoms with Gasteiger partial charge >= 0.3 is 0 Å². The first kappa shape index (κ1) is 6.60. The second-order valence-electron chi connectivity index (χ2n) is 1.65. The average molecular weight is 138 g/mol. The molecule has 1 aromatic rings. The van der Waals surface area contributed by atoms with E-state index in [4.69, 9.17) is 0 Å². The Labute approximate surface area is 57.7 Å². The lowest BCUT2D eigenvalue weighted by Crippen LogP contribution is -2.16. The fourth-order valence-corrected chi connectivity index (χ4v) is 0.462. The summed E-state index contributed by atoms with van der Waals surface area (Å²) in [6.45, 7) is 0. The summed E-state index contributed by atoms with van der Waals surface area (Å²) in [5.41, 5.74) is 0. The molecule has 5 heteroatoms. The summed E-state index contributed by atoms with van der Waals surface area (Å²) < 4.78 is 0. The van der Waals surface area contributed by atoms with Crippen LogP contribution in [0.25, 0.3) is 0 Å². The first-order valence-corrected chi connectivity index (χ1v) is 2.64. The van der Waals surface area contributed by atoms with Gasteiger partial charge in [0.1, 0.15) is 12.7 Å². The first-order chi connectivity index (χ1) is 4.84. The van der Waals surface area contributed by atoms with Crippen LogP contribution in [0.4, 0.5) is 5.95 Å². The smallest absolute Gasteiger partial charge is 0.234 e. The highest BCUT2D eigenvalue weighted by Crippen LogP contribution is 1.95. The van der Waals surface area contributed by atoms with Crippen molar-refractivity contribution in [3.05, 3.63) is 12.7 Å². The zero-order valence-corrected chi connectivity index (χ0v) is 5.43. The molecule has 0 bridgehead atoms. The molecule has 1 heterocycles. The normalized spacial score (nSPS) is 8.90. The van der Waals surface area contributed by atoms with Gasteiger partial charge in [-0.05, 0) is 0 Å². The lowest BCUT2D eigenvalue weighted by molar-refractivity contribution is -0.107. The molecule has 52 valence electrons. The van der Waals surface area contributed by atoms with Gasteiger partial charge in [0.25, 0.3) is 0 Å². The van der Waals surface area contributed by atoms with Gasteiger partial charge in [0.2, 0.25) is 12.4 Å². The molecule has 10 heavy (non-hydrogen) atoms. The number of rotatable bonds is 2. The largest absolute Gasteiger partial charge is 0.286 e. The van der Waals surface area contributed by atoms with Crippen molar-refractivity contribution in [2.24, 2.45) is 0 Å². The number of hydrogen-bond acceptors (Lipinski definition) is 4. The fourth-order valence-electron chi connectivity index (χ4n) is 0.462. The van der Waals surface area contributed by atoms with Crippen LogP contribution in [-0.4, -0.2) is 28.4 Å². The molecular formula is C5H6N4O. The summed E-state index contributed by atoms with van der Waals surface area (Å²) in [6.07, 6.45) is 3.31. The van der Waals surface area contributed by atoms with Crippen molar-refractivity contribution in [2.75, 3.05) is 11.9 Å². The number of carbonyl (C=O) groups excluding carboxylic acids is 1. The van der Waals surface area contributed by atoms with Crippen molar-refractivity contribution in [3.63, 3.8) is 0 Å². The second kappa shape index (κ2) is 2.86. The topological polar surface area (TPSA) is 59.0 Å². The molecule has 1 amide bonds. The van der Waals surface area contributed by atoms with Gasteiger partial charge in [-0.3, -0.25) is 9.69 Å². The highest BCUT2D eigenvalue weighted by Gasteiger charge is 1.97. The van der Waals surface area contributed by atoms with Crippen molar-refractivity contribution < 1.29 is 4.79 Å². The highest BCUT2D eigenvalue weighted by molar-refractivity contribution is 5.69. The van der Waals surface area contributed by atoms with Gasteiger partial charge in [0, 0.05) is 7.05 Å². The predicted molar refractivity (Wildman–Crippen MR) is 34.3 cm³/mol. The quantitative estimate of drug-likeness (QED) is 0.515. The average Bonchev–Trinajstić information content (AvgIpc) is 2.05. The van der Waals surface area contributed by atoms with E-state index < -0.39 is 0 Å². The molecule has 0 unspecified atom stereocenters. The third-order valence-corrected chi connectivity index (χ3v) is 0.953. The summed E-state index contributed by atoms with van der Waals surface area (Å²) in [4.78, 5) is 22.4. The molecular weight excluding hydrogens is 132 g/mol. The Balaban J connectivity index is 2.84. The summed E-state index contributed by atoms with van der Waals surface area (Å²) in [7, 11) is 1.57. The van der Waals surface area contributed by atoms with Crippen LogP contribution in [-0.2, 0) is 4.79 Å². The van der Waals surface area contributed by atoms with Crippen LogP contribution in [0, 0.1) is 0 Å². The fraction of sp³-hybridized carbons (Fsp3) is 0.200.